The highest BCUT2D eigenvalue weighted by atomic mass is 19.1. The molecule has 0 aromatic heterocycles. The van der Waals surface area contributed by atoms with E-state index in [1.54, 1.807) is 13.0 Å². The smallest absolute Gasteiger partial charge is 0.165 e. The first-order chi connectivity index (χ1) is 8.95. The fourth-order valence-corrected chi connectivity index (χ4v) is 2.01. The van der Waals surface area contributed by atoms with Crippen molar-refractivity contribution in [3.8, 4) is 5.75 Å². The van der Waals surface area contributed by atoms with E-state index in [2.05, 4.69) is 0 Å². The molecule has 100 valence electrons. The predicted octanol–water partition coefficient (Wildman–Crippen LogP) is 3.40. The molecule has 0 radical (unpaired) electrons. The van der Waals surface area contributed by atoms with E-state index < -0.39 is 11.4 Å². The summed E-state index contributed by atoms with van der Waals surface area (Å²) < 4.78 is 18.6. The minimum absolute atomic E-state index is 0.170. The van der Waals surface area contributed by atoms with Crippen LogP contribution in [0.5, 0.6) is 5.75 Å². The van der Waals surface area contributed by atoms with Crippen molar-refractivity contribution >= 4 is 0 Å². The van der Waals surface area contributed by atoms with Crippen molar-refractivity contribution < 1.29 is 14.2 Å². The van der Waals surface area contributed by atoms with Crippen molar-refractivity contribution in [1.82, 2.24) is 0 Å². The summed E-state index contributed by atoms with van der Waals surface area (Å²) in [5.41, 5.74) is 1.10. The maximum atomic E-state index is 13.7. The Morgan fingerprint density at radius 2 is 1.63 bits per heavy atom. The van der Waals surface area contributed by atoms with Gasteiger partial charge in [-0.25, -0.2) is 4.39 Å². The lowest BCUT2D eigenvalue weighted by molar-refractivity contribution is 0.102. The molecule has 0 heterocycles. The van der Waals surface area contributed by atoms with E-state index in [1.165, 1.54) is 19.2 Å². The van der Waals surface area contributed by atoms with E-state index in [0.29, 0.717) is 5.56 Å². The Hall–Kier alpha value is -1.87. The zero-order chi connectivity index (χ0) is 14.0. The highest BCUT2D eigenvalue weighted by molar-refractivity contribution is 5.39. The SMILES string of the molecule is COc1ccc(C(C)(O)c2ccc(C)cc2)cc1F. The average molecular weight is 260 g/mol. The summed E-state index contributed by atoms with van der Waals surface area (Å²) in [6.07, 6.45) is 0. The van der Waals surface area contributed by atoms with Crippen LogP contribution in [0.2, 0.25) is 0 Å². The van der Waals surface area contributed by atoms with Gasteiger partial charge in [-0.15, -0.1) is 0 Å². The number of benzene rings is 2. The van der Waals surface area contributed by atoms with Gasteiger partial charge in [0, 0.05) is 0 Å². The van der Waals surface area contributed by atoms with Gasteiger partial charge in [0.2, 0.25) is 0 Å². The van der Waals surface area contributed by atoms with Gasteiger partial charge in [0.05, 0.1) is 7.11 Å². The number of hydrogen-bond acceptors (Lipinski definition) is 2. The lowest BCUT2D eigenvalue weighted by Gasteiger charge is -2.25. The molecular formula is C16H17FO2. The maximum Gasteiger partial charge on any atom is 0.165 e. The topological polar surface area (TPSA) is 29.5 Å². The molecule has 1 unspecified atom stereocenters. The Morgan fingerprint density at radius 3 is 2.16 bits per heavy atom. The molecule has 2 rings (SSSR count). The van der Waals surface area contributed by atoms with Gasteiger partial charge in [0.15, 0.2) is 11.6 Å². The number of methoxy groups -OCH3 is 1. The molecule has 0 bridgehead atoms. The zero-order valence-electron chi connectivity index (χ0n) is 11.3. The lowest BCUT2D eigenvalue weighted by Crippen LogP contribution is -2.22. The average Bonchev–Trinajstić information content (AvgIpc) is 2.39. The molecular weight excluding hydrogens is 243 g/mol. The molecule has 0 aliphatic rings. The van der Waals surface area contributed by atoms with E-state index in [0.717, 1.165) is 11.1 Å². The van der Waals surface area contributed by atoms with Gasteiger partial charge in [0.25, 0.3) is 0 Å². The van der Waals surface area contributed by atoms with Crippen molar-refractivity contribution in [2.45, 2.75) is 19.4 Å². The monoisotopic (exact) mass is 260 g/mol. The van der Waals surface area contributed by atoms with Crippen LogP contribution in [-0.2, 0) is 5.60 Å². The predicted molar refractivity (Wildman–Crippen MR) is 72.8 cm³/mol. The van der Waals surface area contributed by atoms with Gasteiger partial charge in [0.1, 0.15) is 5.60 Å². The van der Waals surface area contributed by atoms with E-state index >= 15 is 0 Å². The van der Waals surface area contributed by atoms with Crippen molar-refractivity contribution in [1.29, 1.82) is 0 Å². The first kappa shape index (κ1) is 13.6. The number of ether oxygens (including phenoxy) is 1. The number of aryl methyl sites for hydroxylation is 1. The lowest BCUT2D eigenvalue weighted by atomic mass is 9.88. The largest absolute Gasteiger partial charge is 0.494 e. The number of aliphatic hydroxyl groups is 1. The van der Waals surface area contributed by atoms with Crippen molar-refractivity contribution in [2.75, 3.05) is 7.11 Å². The first-order valence-corrected chi connectivity index (χ1v) is 6.08. The third-order valence-corrected chi connectivity index (χ3v) is 3.33. The molecule has 0 spiro atoms. The first-order valence-electron chi connectivity index (χ1n) is 6.08. The van der Waals surface area contributed by atoms with E-state index in [4.69, 9.17) is 4.74 Å². The third kappa shape index (κ3) is 2.61. The normalized spacial score (nSPS) is 13.9. The molecule has 0 aliphatic carbocycles. The van der Waals surface area contributed by atoms with E-state index in [1.807, 2.05) is 31.2 Å². The molecule has 2 aromatic rings. The Morgan fingerprint density at radius 1 is 1.05 bits per heavy atom. The van der Waals surface area contributed by atoms with Gasteiger partial charge in [-0.3, -0.25) is 0 Å². The highest BCUT2D eigenvalue weighted by Crippen LogP contribution is 2.31. The number of halogens is 1. The minimum atomic E-state index is -1.24. The standard InChI is InChI=1S/C16H17FO2/c1-11-4-6-12(7-5-11)16(2,18)13-8-9-15(19-3)14(17)10-13/h4-10,18H,1-3H3. The molecule has 1 N–H and O–H groups in total. The summed E-state index contributed by atoms with van der Waals surface area (Å²) in [6.45, 7) is 3.63. The zero-order valence-corrected chi connectivity index (χ0v) is 11.3. The van der Waals surface area contributed by atoms with Crippen LogP contribution in [0.3, 0.4) is 0 Å². The molecule has 3 heteroatoms. The molecule has 2 aromatic carbocycles. The summed E-state index contributed by atoms with van der Waals surface area (Å²) in [4.78, 5) is 0. The minimum Gasteiger partial charge on any atom is -0.494 e. The fraction of sp³-hybridized carbons (Fsp3) is 0.250. The van der Waals surface area contributed by atoms with Crippen LogP contribution in [0, 0.1) is 12.7 Å². The van der Waals surface area contributed by atoms with Crippen molar-refractivity contribution in [3.05, 3.63) is 65.0 Å². The molecule has 0 saturated heterocycles. The summed E-state index contributed by atoms with van der Waals surface area (Å²) in [5, 5.41) is 10.6. The quantitative estimate of drug-likeness (QED) is 0.916. The molecule has 19 heavy (non-hydrogen) atoms. The molecule has 0 fully saturated rings. The second kappa shape index (κ2) is 5.02. The van der Waals surface area contributed by atoms with Gasteiger partial charge < -0.3 is 9.84 Å². The second-order valence-electron chi connectivity index (χ2n) is 4.79. The Balaban J connectivity index is 2.43. The number of hydrogen-bond donors (Lipinski definition) is 1. The van der Waals surface area contributed by atoms with Crippen LogP contribution in [0.25, 0.3) is 0 Å². The third-order valence-electron chi connectivity index (χ3n) is 3.33. The van der Waals surface area contributed by atoms with Gasteiger partial charge in [-0.1, -0.05) is 35.9 Å². The Kier molecular flexibility index (Phi) is 3.58. The summed E-state index contributed by atoms with van der Waals surface area (Å²) in [5.74, 6) is -0.309. The maximum absolute atomic E-state index is 13.7. The summed E-state index contributed by atoms with van der Waals surface area (Å²) >= 11 is 0. The van der Waals surface area contributed by atoms with Crippen molar-refractivity contribution in [3.63, 3.8) is 0 Å². The van der Waals surface area contributed by atoms with Crippen LogP contribution in [-0.4, -0.2) is 12.2 Å². The van der Waals surface area contributed by atoms with Crippen LogP contribution >= 0.6 is 0 Å². The Bertz CT molecular complexity index is 574. The van der Waals surface area contributed by atoms with Gasteiger partial charge >= 0.3 is 0 Å². The van der Waals surface area contributed by atoms with E-state index in [9.17, 15) is 9.50 Å². The number of rotatable bonds is 3. The van der Waals surface area contributed by atoms with Crippen LogP contribution in [0.4, 0.5) is 4.39 Å². The molecule has 2 nitrogen and oxygen atoms in total. The van der Waals surface area contributed by atoms with Gasteiger partial charge in [-0.2, -0.15) is 0 Å². The molecule has 0 amide bonds. The van der Waals surface area contributed by atoms with Gasteiger partial charge in [-0.05, 0) is 37.1 Å². The summed E-state index contributed by atoms with van der Waals surface area (Å²) in [6, 6.07) is 12.0. The fourth-order valence-electron chi connectivity index (χ4n) is 2.01. The van der Waals surface area contributed by atoms with Crippen LogP contribution in [0.15, 0.2) is 42.5 Å². The second-order valence-corrected chi connectivity index (χ2v) is 4.79. The molecule has 1 atom stereocenters. The summed E-state index contributed by atoms with van der Waals surface area (Å²) in [7, 11) is 1.41. The molecule has 0 saturated carbocycles. The Labute approximate surface area is 112 Å². The van der Waals surface area contributed by atoms with Crippen LogP contribution < -0.4 is 4.74 Å². The highest BCUT2D eigenvalue weighted by Gasteiger charge is 2.26. The van der Waals surface area contributed by atoms with Crippen LogP contribution in [0.1, 0.15) is 23.6 Å². The van der Waals surface area contributed by atoms with E-state index in [-0.39, 0.29) is 5.75 Å². The molecule has 0 aliphatic heterocycles. The van der Waals surface area contributed by atoms with Crippen molar-refractivity contribution in [2.24, 2.45) is 0 Å².